The Morgan fingerprint density at radius 3 is 2.81 bits per heavy atom. The van der Waals surface area contributed by atoms with Gasteiger partial charge < -0.3 is 4.79 Å². The van der Waals surface area contributed by atoms with Crippen molar-refractivity contribution in [2.75, 3.05) is 6.54 Å². The molecule has 1 saturated heterocycles. The van der Waals surface area contributed by atoms with Crippen LogP contribution in [0.4, 0.5) is 0 Å². The molecule has 0 N–H and O–H groups in total. The Kier molecular flexibility index (Phi) is 4.11. The summed E-state index contributed by atoms with van der Waals surface area (Å²) in [6.45, 7) is 2.12. The Morgan fingerprint density at radius 2 is 2.06 bits per heavy atom. The van der Waals surface area contributed by atoms with Crippen LogP contribution in [-0.4, -0.2) is 23.8 Å². The standard InChI is InChI=1S/C14H19NO/c16-11-9-14-8-4-5-10-15(14)12-13-6-2-1-3-7-13/h1-3,6-7,11,14H,4-5,8-10,12H2. The lowest BCUT2D eigenvalue weighted by molar-refractivity contribution is -0.109. The molecular weight excluding hydrogens is 198 g/mol. The van der Waals surface area contributed by atoms with Crippen molar-refractivity contribution in [3.63, 3.8) is 0 Å². The van der Waals surface area contributed by atoms with Crippen LogP contribution in [0.25, 0.3) is 0 Å². The molecule has 1 heterocycles. The quantitative estimate of drug-likeness (QED) is 0.723. The fraction of sp³-hybridized carbons (Fsp3) is 0.500. The summed E-state index contributed by atoms with van der Waals surface area (Å²) < 4.78 is 0. The number of likely N-dealkylation sites (tertiary alicyclic amines) is 1. The third-order valence-corrected chi connectivity index (χ3v) is 3.35. The Morgan fingerprint density at radius 1 is 1.25 bits per heavy atom. The number of hydrogen-bond donors (Lipinski definition) is 0. The largest absolute Gasteiger partial charge is 0.303 e. The van der Waals surface area contributed by atoms with Crippen LogP contribution in [0.15, 0.2) is 30.3 Å². The van der Waals surface area contributed by atoms with Crippen molar-refractivity contribution in [2.24, 2.45) is 0 Å². The molecule has 1 aliphatic rings. The van der Waals surface area contributed by atoms with Gasteiger partial charge in [0.1, 0.15) is 6.29 Å². The summed E-state index contributed by atoms with van der Waals surface area (Å²) in [5, 5.41) is 0. The molecule has 2 heteroatoms. The molecule has 0 bridgehead atoms. The van der Waals surface area contributed by atoms with Crippen LogP contribution >= 0.6 is 0 Å². The van der Waals surface area contributed by atoms with E-state index in [1.807, 2.05) is 6.07 Å². The third kappa shape index (κ3) is 2.92. The van der Waals surface area contributed by atoms with Crippen LogP contribution in [0.5, 0.6) is 0 Å². The second-order valence-corrected chi connectivity index (χ2v) is 4.51. The van der Waals surface area contributed by atoms with Gasteiger partial charge in [-0.05, 0) is 24.9 Å². The number of benzene rings is 1. The van der Waals surface area contributed by atoms with Crippen LogP contribution in [0, 0.1) is 0 Å². The smallest absolute Gasteiger partial charge is 0.121 e. The van der Waals surface area contributed by atoms with Crippen LogP contribution in [0.3, 0.4) is 0 Å². The van der Waals surface area contributed by atoms with E-state index in [1.54, 1.807) is 0 Å². The summed E-state index contributed by atoms with van der Waals surface area (Å²) in [4.78, 5) is 13.1. The van der Waals surface area contributed by atoms with E-state index in [2.05, 4.69) is 29.2 Å². The van der Waals surface area contributed by atoms with E-state index < -0.39 is 0 Å². The lowest BCUT2D eigenvalue weighted by Gasteiger charge is -2.34. The van der Waals surface area contributed by atoms with Gasteiger partial charge in [-0.1, -0.05) is 36.8 Å². The summed E-state index contributed by atoms with van der Waals surface area (Å²) in [6.07, 6.45) is 5.46. The average molecular weight is 217 g/mol. The number of carbonyl (C=O) groups excluding carboxylic acids is 1. The topological polar surface area (TPSA) is 20.3 Å². The molecule has 0 saturated carbocycles. The van der Waals surface area contributed by atoms with E-state index in [-0.39, 0.29) is 0 Å². The van der Waals surface area contributed by atoms with Crippen LogP contribution < -0.4 is 0 Å². The molecule has 1 aromatic rings. The number of hydrogen-bond acceptors (Lipinski definition) is 2. The number of carbonyl (C=O) groups is 1. The third-order valence-electron chi connectivity index (χ3n) is 3.35. The second kappa shape index (κ2) is 5.80. The maximum absolute atomic E-state index is 10.6. The second-order valence-electron chi connectivity index (χ2n) is 4.51. The number of piperidine rings is 1. The minimum atomic E-state index is 0.464. The van der Waals surface area contributed by atoms with E-state index in [0.717, 1.165) is 19.4 Å². The molecule has 2 nitrogen and oxygen atoms in total. The summed E-state index contributed by atoms with van der Waals surface area (Å²) >= 11 is 0. The van der Waals surface area contributed by atoms with Crippen LogP contribution in [0.1, 0.15) is 31.2 Å². The van der Waals surface area contributed by atoms with Crippen molar-refractivity contribution >= 4 is 6.29 Å². The van der Waals surface area contributed by atoms with E-state index in [4.69, 9.17) is 0 Å². The molecule has 0 spiro atoms. The molecule has 0 amide bonds. The predicted octanol–water partition coefficient (Wildman–Crippen LogP) is 2.63. The first-order valence-corrected chi connectivity index (χ1v) is 6.12. The van der Waals surface area contributed by atoms with Gasteiger partial charge in [0, 0.05) is 19.0 Å². The van der Waals surface area contributed by atoms with E-state index in [0.29, 0.717) is 12.5 Å². The summed E-state index contributed by atoms with van der Waals surface area (Å²) in [5.74, 6) is 0. The lowest BCUT2D eigenvalue weighted by Crippen LogP contribution is -2.39. The highest BCUT2D eigenvalue weighted by molar-refractivity contribution is 5.50. The first kappa shape index (κ1) is 11.3. The van der Waals surface area contributed by atoms with Gasteiger partial charge in [0.25, 0.3) is 0 Å². The summed E-state index contributed by atoms with van der Waals surface area (Å²) in [7, 11) is 0. The highest BCUT2D eigenvalue weighted by Crippen LogP contribution is 2.21. The van der Waals surface area contributed by atoms with Gasteiger partial charge in [-0.2, -0.15) is 0 Å². The van der Waals surface area contributed by atoms with Gasteiger partial charge in [0.15, 0.2) is 0 Å². The molecule has 0 radical (unpaired) electrons. The van der Waals surface area contributed by atoms with E-state index in [9.17, 15) is 4.79 Å². The highest BCUT2D eigenvalue weighted by Gasteiger charge is 2.21. The van der Waals surface area contributed by atoms with Crippen molar-refractivity contribution in [2.45, 2.75) is 38.3 Å². The van der Waals surface area contributed by atoms with Crippen molar-refractivity contribution < 1.29 is 4.79 Å². The lowest BCUT2D eigenvalue weighted by atomic mass is 9.99. The molecule has 0 aromatic heterocycles. The summed E-state index contributed by atoms with van der Waals surface area (Å²) in [5.41, 5.74) is 1.35. The Bertz CT molecular complexity index is 323. The van der Waals surface area contributed by atoms with Gasteiger partial charge in [-0.25, -0.2) is 0 Å². The zero-order valence-electron chi connectivity index (χ0n) is 9.64. The fourth-order valence-corrected chi connectivity index (χ4v) is 2.46. The minimum absolute atomic E-state index is 0.464. The molecule has 1 aliphatic heterocycles. The molecule has 86 valence electrons. The summed E-state index contributed by atoms with van der Waals surface area (Å²) in [6, 6.07) is 11.0. The van der Waals surface area contributed by atoms with Crippen LogP contribution in [-0.2, 0) is 11.3 Å². The average Bonchev–Trinajstić information content (AvgIpc) is 2.33. The molecule has 16 heavy (non-hydrogen) atoms. The zero-order valence-corrected chi connectivity index (χ0v) is 9.64. The van der Waals surface area contributed by atoms with E-state index >= 15 is 0 Å². The zero-order chi connectivity index (χ0) is 11.2. The van der Waals surface area contributed by atoms with Gasteiger partial charge in [0.2, 0.25) is 0 Å². The predicted molar refractivity (Wildman–Crippen MR) is 65.2 cm³/mol. The van der Waals surface area contributed by atoms with Gasteiger partial charge in [0.05, 0.1) is 0 Å². The molecule has 1 atom stereocenters. The van der Waals surface area contributed by atoms with Crippen molar-refractivity contribution in [1.29, 1.82) is 0 Å². The monoisotopic (exact) mass is 217 g/mol. The molecule has 1 aromatic carbocycles. The Hall–Kier alpha value is -1.15. The molecule has 0 aliphatic carbocycles. The van der Waals surface area contributed by atoms with Gasteiger partial charge >= 0.3 is 0 Å². The van der Waals surface area contributed by atoms with Crippen molar-refractivity contribution in [1.82, 2.24) is 4.90 Å². The minimum Gasteiger partial charge on any atom is -0.303 e. The molecule has 1 unspecified atom stereocenters. The molecule has 1 fully saturated rings. The normalized spacial score (nSPS) is 21.9. The maximum Gasteiger partial charge on any atom is 0.121 e. The maximum atomic E-state index is 10.6. The van der Waals surface area contributed by atoms with Crippen molar-refractivity contribution in [3.05, 3.63) is 35.9 Å². The first-order chi connectivity index (χ1) is 7.90. The Labute approximate surface area is 97.3 Å². The number of nitrogens with zero attached hydrogens (tertiary/aromatic N) is 1. The first-order valence-electron chi connectivity index (χ1n) is 6.12. The number of rotatable bonds is 4. The van der Waals surface area contributed by atoms with Crippen LogP contribution in [0.2, 0.25) is 0 Å². The Balaban J connectivity index is 1.98. The highest BCUT2D eigenvalue weighted by atomic mass is 16.1. The fourth-order valence-electron chi connectivity index (χ4n) is 2.46. The molecule has 2 rings (SSSR count). The number of aldehydes is 1. The van der Waals surface area contributed by atoms with E-state index in [1.165, 1.54) is 24.8 Å². The van der Waals surface area contributed by atoms with Crippen molar-refractivity contribution in [3.8, 4) is 0 Å². The molecular formula is C14H19NO. The van der Waals surface area contributed by atoms with Gasteiger partial charge in [-0.15, -0.1) is 0 Å². The SMILES string of the molecule is O=CCC1CCCCN1Cc1ccccc1. The van der Waals surface area contributed by atoms with Gasteiger partial charge in [-0.3, -0.25) is 4.90 Å².